The second-order valence-electron chi connectivity index (χ2n) is 9.43. The fourth-order valence-corrected chi connectivity index (χ4v) is 4.71. The zero-order valence-electron chi connectivity index (χ0n) is 19.5. The van der Waals surface area contributed by atoms with E-state index in [0.717, 1.165) is 43.3 Å². The molecule has 0 aromatic heterocycles. The van der Waals surface area contributed by atoms with E-state index in [2.05, 4.69) is 44.2 Å². The maximum atomic E-state index is 11.2. The van der Waals surface area contributed by atoms with Gasteiger partial charge < -0.3 is 19.7 Å². The van der Waals surface area contributed by atoms with Crippen molar-refractivity contribution >= 4 is 5.97 Å². The van der Waals surface area contributed by atoms with Gasteiger partial charge >= 0.3 is 5.97 Å². The van der Waals surface area contributed by atoms with Crippen LogP contribution in [0.5, 0.6) is 0 Å². The molecule has 0 spiro atoms. The summed E-state index contributed by atoms with van der Waals surface area (Å²) < 4.78 is 9.95. The Bertz CT molecular complexity index is 701. The minimum Gasteiger partial charge on any atom is -0.467 e. The molecule has 0 aromatic carbocycles. The van der Waals surface area contributed by atoms with E-state index in [0.29, 0.717) is 24.4 Å². The molecule has 1 saturated carbocycles. The normalized spacial score (nSPS) is 27.0. The molecule has 31 heavy (non-hydrogen) atoms. The first kappa shape index (κ1) is 25.6. The number of allylic oxidation sites excluding steroid dienone is 3. The van der Waals surface area contributed by atoms with Gasteiger partial charge in [-0.25, -0.2) is 4.79 Å². The summed E-state index contributed by atoms with van der Waals surface area (Å²) in [6, 6.07) is 0. The van der Waals surface area contributed by atoms with Crippen molar-refractivity contribution in [2.45, 2.75) is 65.1 Å². The monoisotopic (exact) mass is 432 g/mol. The number of ether oxygens (including phenoxy) is 2. The Morgan fingerprint density at radius 2 is 2.10 bits per heavy atom. The standard InChI is InChI=1S/C26H40O5/c1-17(2)7-6-8-18(3)11-22(27)9-10-23-24-13-20(12-21(24)14-25(23)28)19(4)15-31-16-26(29)30-5/h7,9-10,12,18,21-25,27-28H,4,6,8,11,13-16H2,1-3,5H3/b10-9+/t18?,21-,22+,23+,24-,25+/m0/s1. The van der Waals surface area contributed by atoms with Gasteiger partial charge in [0.15, 0.2) is 0 Å². The van der Waals surface area contributed by atoms with Crippen molar-refractivity contribution in [3.63, 3.8) is 0 Å². The van der Waals surface area contributed by atoms with Crippen molar-refractivity contribution < 1.29 is 24.5 Å². The molecule has 174 valence electrons. The van der Waals surface area contributed by atoms with Gasteiger partial charge in [0.25, 0.3) is 0 Å². The number of esters is 1. The first-order valence-electron chi connectivity index (χ1n) is 11.4. The molecular formula is C26H40O5. The Morgan fingerprint density at radius 1 is 1.35 bits per heavy atom. The smallest absolute Gasteiger partial charge is 0.331 e. The van der Waals surface area contributed by atoms with E-state index in [4.69, 9.17) is 4.74 Å². The fourth-order valence-electron chi connectivity index (χ4n) is 4.71. The summed E-state index contributed by atoms with van der Waals surface area (Å²) in [6.45, 7) is 10.7. The van der Waals surface area contributed by atoms with Crippen LogP contribution in [-0.4, -0.2) is 48.7 Å². The van der Waals surface area contributed by atoms with E-state index in [1.54, 1.807) is 0 Å². The predicted molar refractivity (Wildman–Crippen MR) is 123 cm³/mol. The van der Waals surface area contributed by atoms with Crippen LogP contribution in [0.15, 0.2) is 47.6 Å². The van der Waals surface area contributed by atoms with Crippen molar-refractivity contribution in [1.29, 1.82) is 0 Å². The molecule has 2 aliphatic rings. The number of aliphatic hydroxyl groups excluding tert-OH is 2. The summed E-state index contributed by atoms with van der Waals surface area (Å²) in [5.74, 6) is 0.726. The minimum atomic E-state index is -0.483. The van der Waals surface area contributed by atoms with Crippen LogP contribution in [0.3, 0.4) is 0 Å². The van der Waals surface area contributed by atoms with Crippen molar-refractivity contribution in [3.8, 4) is 0 Å². The molecule has 6 atom stereocenters. The minimum absolute atomic E-state index is 0.0400. The van der Waals surface area contributed by atoms with Gasteiger partial charge in [-0.3, -0.25) is 0 Å². The van der Waals surface area contributed by atoms with Crippen LogP contribution < -0.4 is 0 Å². The third-order valence-corrected chi connectivity index (χ3v) is 6.46. The van der Waals surface area contributed by atoms with E-state index in [1.165, 1.54) is 12.7 Å². The molecule has 0 aliphatic heterocycles. The van der Waals surface area contributed by atoms with Gasteiger partial charge in [-0.05, 0) is 74.9 Å². The van der Waals surface area contributed by atoms with Crippen LogP contribution >= 0.6 is 0 Å². The summed E-state index contributed by atoms with van der Waals surface area (Å²) >= 11 is 0. The van der Waals surface area contributed by atoms with E-state index < -0.39 is 12.1 Å². The Hall–Kier alpha value is -1.69. The lowest BCUT2D eigenvalue weighted by Gasteiger charge is -2.20. The number of methoxy groups -OCH3 is 1. The molecule has 5 nitrogen and oxygen atoms in total. The SMILES string of the molecule is C=C(COCC(=O)OC)C1=C[C@H]2C[C@@H](O)[C@H](/C=C/[C@@H](O)CC(C)CCC=C(C)C)[C@H]2C1. The molecule has 0 amide bonds. The Labute approximate surface area is 187 Å². The van der Waals surface area contributed by atoms with E-state index in [9.17, 15) is 15.0 Å². The van der Waals surface area contributed by atoms with Gasteiger partial charge in [0, 0.05) is 5.92 Å². The maximum Gasteiger partial charge on any atom is 0.331 e. The van der Waals surface area contributed by atoms with Crippen molar-refractivity contribution in [1.82, 2.24) is 0 Å². The molecule has 0 saturated heterocycles. The first-order valence-corrected chi connectivity index (χ1v) is 11.4. The van der Waals surface area contributed by atoms with E-state index in [-0.39, 0.29) is 18.6 Å². The van der Waals surface area contributed by atoms with Crippen LogP contribution in [0.2, 0.25) is 0 Å². The quantitative estimate of drug-likeness (QED) is 0.354. The van der Waals surface area contributed by atoms with Crippen LogP contribution in [-0.2, 0) is 14.3 Å². The molecule has 2 aliphatic carbocycles. The molecule has 0 radical (unpaired) electrons. The average molecular weight is 433 g/mol. The molecule has 0 heterocycles. The van der Waals surface area contributed by atoms with Gasteiger partial charge in [-0.15, -0.1) is 0 Å². The van der Waals surface area contributed by atoms with Crippen LogP contribution in [0, 0.1) is 23.7 Å². The Morgan fingerprint density at radius 3 is 2.77 bits per heavy atom. The zero-order valence-corrected chi connectivity index (χ0v) is 19.5. The highest BCUT2D eigenvalue weighted by Gasteiger charge is 2.43. The third-order valence-electron chi connectivity index (χ3n) is 6.46. The predicted octanol–water partition coefficient (Wildman–Crippen LogP) is 4.37. The lowest BCUT2D eigenvalue weighted by Crippen LogP contribution is -2.18. The first-order chi connectivity index (χ1) is 14.7. The number of carbonyl (C=O) groups is 1. The van der Waals surface area contributed by atoms with Crippen molar-refractivity contribution in [2.75, 3.05) is 20.3 Å². The number of hydrogen-bond donors (Lipinski definition) is 2. The van der Waals surface area contributed by atoms with Gasteiger partial charge in [-0.1, -0.05) is 43.4 Å². The summed E-state index contributed by atoms with van der Waals surface area (Å²) in [5.41, 5.74) is 3.36. The maximum absolute atomic E-state index is 11.2. The number of carbonyl (C=O) groups excluding carboxylic acids is 1. The molecule has 1 unspecified atom stereocenters. The molecule has 0 bridgehead atoms. The van der Waals surface area contributed by atoms with E-state index in [1.807, 2.05) is 12.2 Å². The second-order valence-corrected chi connectivity index (χ2v) is 9.43. The zero-order chi connectivity index (χ0) is 23.0. The number of fused-ring (bicyclic) bond motifs is 1. The Balaban J connectivity index is 1.83. The summed E-state index contributed by atoms with van der Waals surface area (Å²) in [6.07, 6.45) is 11.9. The van der Waals surface area contributed by atoms with Crippen molar-refractivity contribution in [2.24, 2.45) is 23.7 Å². The average Bonchev–Trinajstić information content (AvgIpc) is 3.23. The number of aliphatic hydroxyl groups is 2. The Kier molecular flexibility index (Phi) is 10.2. The largest absolute Gasteiger partial charge is 0.467 e. The lowest BCUT2D eigenvalue weighted by atomic mass is 9.88. The highest BCUT2D eigenvalue weighted by molar-refractivity contribution is 5.70. The van der Waals surface area contributed by atoms with Gasteiger partial charge in [0.2, 0.25) is 0 Å². The molecule has 2 rings (SSSR count). The second kappa shape index (κ2) is 12.4. The molecule has 0 aromatic rings. The summed E-state index contributed by atoms with van der Waals surface area (Å²) in [7, 11) is 1.34. The van der Waals surface area contributed by atoms with Gasteiger partial charge in [-0.2, -0.15) is 0 Å². The highest BCUT2D eigenvalue weighted by atomic mass is 16.6. The topological polar surface area (TPSA) is 76.0 Å². The molecule has 2 N–H and O–H groups in total. The summed E-state index contributed by atoms with van der Waals surface area (Å²) in [4.78, 5) is 11.2. The fraction of sp³-hybridized carbons (Fsp3) is 0.654. The number of hydrogen-bond acceptors (Lipinski definition) is 5. The van der Waals surface area contributed by atoms with Crippen LogP contribution in [0.4, 0.5) is 0 Å². The van der Waals surface area contributed by atoms with Gasteiger partial charge in [0.1, 0.15) is 6.61 Å². The molecule has 5 heteroatoms. The third kappa shape index (κ3) is 8.06. The summed E-state index contributed by atoms with van der Waals surface area (Å²) in [5, 5.41) is 21.0. The van der Waals surface area contributed by atoms with E-state index >= 15 is 0 Å². The molecular weight excluding hydrogens is 392 g/mol. The number of rotatable bonds is 12. The molecule has 1 fully saturated rings. The van der Waals surface area contributed by atoms with Crippen LogP contribution in [0.25, 0.3) is 0 Å². The lowest BCUT2D eigenvalue weighted by molar-refractivity contribution is -0.145. The van der Waals surface area contributed by atoms with Crippen molar-refractivity contribution in [3.05, 3.63) is 47.6 Å². The highest BCUT2D eigenvalue weighted by Crippen LogP contribution is 2.48. The van der Waals surface area contributed by atoms with Crippen LogP contribution in [0.1, 0.15) is 52.9 Å². The van der Waals surface area contributed by atoms with Gasteiger partial charge in [0.05, 0.1) is 25.9 Å².